The molecule has 3 saturated heterocycles. The normalized spacial score (nSPS) is 23.6. The molecule has 3 fully saturated rings. The fraction of sp³-hybridized carbons (Fsp3) is 0.375. The summed E-state index contributed by atoms with van der Waals surface area (Å²) >= 11 is 1.71. The third-order valence-corrected chi connectivity index (χ3v) is 9.12. The molecule has 40 heavy (non-hydrogen) atoms. The predicted molar refractivity (Wildman–Crippen MR) is 159 cm³/mol. The molecule has 2 bridgehead atoms. The van der Waals surface area contributed by atoms with Crippen LogP contribution in [0.4, 0.5) is 0 Å². The maximum absolute atomic E-state index is 13.3. The van der Waals surface area contributed by atoms with Crippen molar-refractivity contribution in [1.82, 2.24) is 15.5 Å². The second-order valence-electron chi connectivity index (χ2n) is 10.6. The van der Waals surface area contributed by atoms with E-state index in [-0.39, 0.29) is 42.3 Å². The number of carbonyl (C=O) groups excluding carboxylic acids is 2. The molecule has 0 spiro atoms. The van der Waals surface area contributed by atoms with E-state index in [1.54, 1.807) is 18.9 Å². The van der Waals surface area contributed by atoms with Crippen LogP contribution in [0.15, 0.2) is 83.8 Å². The molecule has 0 aromatic heterocycles. The van der Waals surface area contributed by atoms with Crippen molar-refractivity contribution in [2.75, 3.05) is 33.0 Å². The maximum Gasteiger partial charge on any atom is 0.236 e. The lowest BCUT2D eigenvalue weighted by atomic mass is 9.66. The van der Waals surface area contributed by atoms with Crippen molar-refractivity contribution in [3.63, 3.8) is 0 Å². The van der Waals surface area contributed by atoms with Crippen LogP contribution in [0.3, 0.4) is 0 Å². The highest BCUT2D eigenvalue weighted by atomic mass is 32.2. The zero-order valence-corrected chi connectivity index (χ0v) is 23.9. The van der Waals surface area contributed by atoms with Gasteiger partial charge < -0.3 is 21.1 Å². The molecule has 3 aromatic carbocycles. The van der Waals surface area contributed by atoms with Crippen LogP contribution in [0.25, 0.3) is 0 Å². The lowest BCUT2D eigenvalue weighted by molar-refractivity contribution is -0.136. The number of ether oxygens (including phenoxy) is 1. The monoisotopic (exact) mass is 558 g/mol. The number of hydrogen-bond acceptors (Lipinski definition) is 6. The van der Waals surface area contributed by atoms with Gasteiger partial charge in [0, 0.05) is 41.6 Å². The summed E-state index contributed by atoms with van der Waals surface area (Å²) < 4.78 is 5.71. The number of nitrogens with one attached hydrogen (secondary N) is 2. The van der Waals surface area contributed by atoms with Crippen molar-refractivity contribution in [3.8, 4) is 5.75 Å². The molecule has 4 N–H and O–H groups in total. The van der Waals surface area contributed by atoms with Gasteiger partial charge in [-0.05, 0) is 54.5 Å². The minimum Gasteiger partial charge on any atom is -0.496 e. The van der Waals surface area contributed by atoms with E-state index >= 15 is 0 Å². The van der Waals surface area contributed by atoms with Gasteiger partial charge in [0.15, 0.2) is 0 Å². The Morgan fingerprint density at radius 2 is 1.73 bits per heavy atom. The molecule has 8 heteroatoms. The molecule has 1 unspecified atom stereocenters. The first kappa shape index (κ1) is 28.2. The van der Waals surface area contributed by atoms with E-state index in [2.05, 4.69) is 94.6 Å². The molecule has 210 valence electrons. The van der Waals surface area contributed by atoms with Crippen LogP contribution in [0.5, 0.6) is 5.75 Å². The summed E-state index contributed by atoms with van der Waals surface area (Å²) in [6.45, 7) is 2.06. The van der Waals surface area contributed by atoms with E-state index in [0.29, 0.717) is 13.1 Å². The van der Waals surface area contributed by atoms with Gasteiger partial charge in [-0.2, -0.15) is 0 Å². The Balaban J connectivity index is 1.52. The van der Waals surface area contributed by atoms with E-state index < -0.39 is 5.91 Å². The van der Waals surface area contributed by atoms with Crippen molar-refractivity contribution in [2.24, 2.45) is 17.6 Å². The van der Waals surface area contributed by atoms with Gasteiger partial charge in [0.25, 0.3) is 0 Å². The van der Waals surface area contributed by atoms with Gasteiger partial charge in [0.1, 0.15) is 5.75 Å². The van der Waals surface area contributed by atoms with Crippen molar-refractivity contribution >= 4 is 23.6 Å². The van der Waals surface area contributed by atoms with E-state index in [4.69, 9.17) is 10.5 Å². The largest absolute Gasteiger partial charge is 0.496 e. The van der Waals surface area contributed by atoms with Gasteiger partial charge in [0.05, 0.1) is 19.6 Å². The number of piperidine rings is 3. The second-order valence-corrected chi connectivity index (χ2v) is 11.5. The summed E-state index contributed by atoms with van der Waals surface area (Å²) in [6, 6.07) is 27.8. The van der Waals surface area contributed by atoms with Crippen LogP contribution >= 0.6 is 11.8 Å². The number of hydrogen-bond donors (Lipinski definition) is 3. The fourth-order valence-corrected chi connectivity index (χ4v) is 7.07. The van der Waals surface area contributed by atoms with Gasteiger partial charge in [0.2, 0.25) is 11.8 Å². The summed E-state index contributed by atoms with van der Waals surface area (Å²) in [5.41, 5.74) is 8.95. The average molecular weight is 559 g/mol. The lowest BCUT2D eigenvalue weighted by Crippen LogP contribution is -2.69. The number of thioether (sulfide) groups is 1. The summed E-state index contributed by atoms with van der Waals surface area (Å²) in [5, 5.41) is 6.69. The smallest absolute Gasteiger partial charge is 0.236 e. The highest BCUT2D eigenvalue weighted by molar-refractivity contribution is 7.98. The van der Waals surface area contributed by atoms with Crippen LogP contribution in [-0.4, -0.2) is 61.8 Å². The average Bonchev–Trinajstić information content (AvgIpc) is 3.00. The van der Waals surface area contributed by atoms with Crippen molar-refractivity contribution < 1.29 is 14.3 Å². The quantitative estimate of drug-likeness (QED) is 0.311. The molecule has 0 aliphatic carbocycles. The molecule has 0 saturated carbocycles. The molecule has 3 aliphatic heterocycles. The minimum absolute atomic E-state index is 0.0277. The lowest BCUT2D eigenvalue weighted by Gasteiger charge is -2.56. The number of fused-ring (bicyclic) bond motifs is 3. The number of amides is 2. The summed E-state index contributed by atoms with van der Waals surface area (Å²) in [4.78, 5) is 28.4. The maximum atomic E-state index is 13.3. The number of benzene rings is 3. The van der Waals surface area contributed by atoms with Crippen molar-refractivity contribution in [3.05, 3.63) is 95.6 Å². The minimum atomic E-state index is -0.531. The summed E-state index contributed by atoms with van der Waals surface area (Å²) in [6.07, 6.45) is 2.98. The molecule has 3 aromatic rings. The molecular weight excluding hydrogens is 520 g/mol. The zero-order valence-electron chi connectivity index (χ0n) is 23.1. The Hall–Kier alpha value is -3.33. The fourth-order valence-electron chi connectivity index (χ4n) is 6.60. The SMILES string of the molecule is COc1ccc(SC)cc1CN[C@H]1[C@H]2CCN(C[C@@H]2C(=O)NCC(N)=O)[C@H]1C(c1ccccc1)c1ccccc1. The van der Waals surface area contributed by atoms with Crippen LogP contribution in [0, 0.1) is 11.8 Å². The number of nitrogens with zero attached hydrogens (tertiary/aromatic N) is 1. The van der Waals surface area contributed by atoms with Gasteiger partial charge >= 0.3 is 0 Å². The number of primary amides is 1. The zero-order chi connectivity index (χ0) is 28.1. The van der Waals surface area contributed by atoms with Gasteiger partial charge in [-0.25, -0.2) is 0 Å². The molecule has 5 atom stereocenters. The van der Waals surface area contributed by atoms with E-state index in [1.807, 2.05) is 6.07 Å². The Morgan fingerprint density at radius 3 is 2.33 bits per heavy atom. The molecule has 3 heterocycles. The first-order valence-corrected chi connectivity index (χ1v) is 15.1. The summed E-state index contributed by atoms with van der Waals surface area (Å²) in [7, 11) is 1.70. The first-order valence-electron chi connectivity index (χ1n) is 13.8. The van der Waals surface area contributed by atoms with Gasteiger partial charge in [-0.1, -0.05) is 60.7 Å². The first-order chi connectivity index (χ1) is 19.5. The number of rotatable bonds is 11. The third-order valence-electron chi connectivity index (χ3n) is 8.40. The molecule has 0 radical (unpaired) electrons. The number of nitrogens with two attached hydrogens (primary N) is 1. The summed E-state index contributed by atoms with van der Waals surface area (Å²) in [5.74, 6) is 0.215. The highest BCUT2D eigenvalue weighted by Gasteiger charge is 2.52. The number of carbonyl (C=O) groups is 2. The van der Waals surface area contributed by atoms with E-state index in [9.17, 15) is 9.59 Å². The topological polar surface area (TPSA) is 96.7 Å². The number of methoxy groups -OCH3 is 1. The Morgan fingerprint density at radius 1 is 1.05 bits per heavy atom. The third kappa shape index (κ3) is 6.04. The molecule has 2 amide bonds. The molecule has 7 nitrogen and oxygen atoms in total. The van der Waals surface area contributed by atoms with E-state index in [1.165, 1.54) is 16.0 Å². The second kappa shape index (κ2) is 12.9. The van der Waals surface area contributed by atoms with Crippen LogP contribution in [0.1, 0.15) is 29.0 Å². The Kier molecular flexibility index (Phi) is 9.09. The van der Waals surface area contributed by atoms with E-state index in [0.717, 1.165) is 24.3 Å². The van der Waals surface area contributed by atoms with Crippen molar-refractivity contribution in [1.29, 1.82) is 0 Å². The predicted octanol–water partition coefficient (Wildman–Crippen LogP) is 3.63. The highest BCUT2D eigenvalue weighted by Crippen LogP contribution is 2.44. The Bertz CT molecular complexity index is 1270. The molecule has 3 aliphatic rings. The molecular formula is C32H38N4O3S. The molecule has 6 rings (SSSR count). The van der Waals surface area contributed by atoms with Crippen LogP contribution in [-0.2, 0) is 16.1 Å². The standard InChI is InChI=1S/C32H38N4O3S/c1-39-27-14-13-24(40-2)17-23(27)18-34-30-25-15-16-36(20-26(25)32(38)35-19-28(33)37)31(30)29(21-9-5-3-6-10-21)22-11-7-4-8-12-22/h3-14,17,25-26,29-31,34H,15-16,18-20H2,1-2H3,(H2,33,37)(H,35,38)/t25-,26-,30-,31-/m0/s1. The van der Waals surface area contributed by atoms with Gasteiger partial charge in [-0.3, -0.25) is 14.5 Å². The van der Waals surface area contributed by atoms with Crippen LogP contribution in [0.2, 0.25) is 0 Å². The van der Waals surface area contributed by atoms with Crippen LogP contribution < -0.4 is 21.1 Å². The van der Waals surface area contributed by atoms with Crippen molar-refractivity contribution in [2.45, 2.75) is 35.9 Å². The Labute approximate surface area is 240 Å². The van der Waals surface area contributed by atoms with Gasteiger partial charge in [-0.15, -0.1) is 11.8 Å².